The zero-order valence-corrected chi connectivity index (χ0v) is 27.6. The van der Waals surface area contributed by atoms with Crippen molar-refractivity contribution in [2.45, 2.75) is 69.8 Å². The van der Waals surface area contributed by atoms with Gasteiger partial charge in [-0.1, -0.05) is 11.6 Å². The highest BCUT2D eigenvalue weighted by atomic mass is 35.5. The fourth-order valence-electron chi connectivity index (χ4n) is 7.38. The Bertz CT molecular complexity index is 1470. The van der Waals surface area contributed by atoms with Gasteiger partial charge in [0.15, 0.2) is 6.10 Å². The van der Waals surface area contributed by atoms with Crippen LogP contribution in [0, 0.1) is 11.8 Å². The minimum absolute atomic E-state index is 0.0801. The van der Waals surface area contributed by atoms with Gasteiger partial charge in [0.05, 0.1) is 28.5 Å². The molecule has 4 aliphatic heterocycles. The van der Waals surface area contributed by atoms with E-state index in [1.807, 2.05) is 10.8 Å². The summed E-state index contributed by atoms with van der Waals surface area (Å²) in [5.41, 5.74) is 5.92. The van der Waals surface area contributed by atoms with E-state index in [1.165, 1.54) is 22.3 Å². The van der Waals surface area contributed by atoms with E-state index >= 15 is 0 Å². The molecule has 6 rings (SSSR count). The third-order valence-corrected chi connectivity index (χ3v) is 11.2. The van der Waals surface area contributed by atoms with Crippen LogP contribution in [0.5, 0.6) is 0 Å². The van der Waals surface area contributed by atoms with Gasteiger partial charge in [0.25, 0.3) is 5.91 Å². The molecule has 15 heteroatoms. The van der Waals surface area contributed by atoms with Crippen LogP contribution in [-0.4, -0.2) is 84.1 Å². The molecule has 4 aliphatic rings. The van der Waals surface area contributed by atoms with Gasteiger partial charge in [0.2, 0.25) is 0 Å². The molecule has 1 aromatic heterocycles. The zero-order chi connectivity index (χ0) is 33.3. The Labute approximate surface area is 280 Å². The summed E-state index contributed by atoms with van der Waals surface area (Å²) in [6, 6.07) is 1.90. The average Bonchev–Trinajstić information content (AvgIpc) is 3.52. The minimum Gasteiger partial charge on any atom is -0.436 e. The van der Waals surface area contributed by atoms with Crippen LogP contribution >= 0.6 is 22.9 Å². The van der Waals surface area contributed by atoms with Crippen molar-refractivity contribution in [1.82, 2.24) is 20.0 Å². The number of urea groups is 1. The number of thiophene rings is 1. The summed E-state index contributed by atoms with van der Waals surface area (Å²) in [4.78, 5) is 45.1. The number of nitrogens with zero attached hydrogens (tertiary/aromatic N) is 3. The van der Waals surface area contributed by atoms with Gasteiger partial charge >= 0.3 is 18.3 Å². The lowest BCUT2D eigenvalue weighted by Crippen LogP contribution is -2.52. The number of rotatable bonds is 6. The Morgan fingerprint density at radius 1 is 1.00 bits per heavy atom. The van der Waals surface area contributed by atoms with Gasteiger partial charge in [-0.15, -0.1) is 11.3 Å². The molecule has 10 nitrogen and oxygen atoms in total. The molecule has 0 radical (unpaired) electrons. The second-order valence-electron chi connectivity index (χ2n) is 13.0. The Hall–Kier alpha value is -3.23. The number of benzene rings is 1. The molecule has 0 aliphatic carbocycles. The summed E-state index contributed by atoms with van der Waals surface area (Å²) in [6.45, 7) is 4.07. The van der Waals surface area contributed by atoms with E-state index in [9.17, 15) is 27.6 Å². The first-order valence-electron chi connectivity index (χ1n) is 16.2. The number of hydrogen-bond acceptors (Lipinski definition) is 7. The largest absolute Gasteiger partial charge is 0.436 e. The standard InChI is InChI=1S/C32H40ClF3N6O4S/c33-25-14-19(13-24(28(25)37)32(34,35)36)15-27(29(43)40-9-3-21(4-10-40)20-1-7-38-8-2-20)46-31(45)41-11-5-23(6-12-41)42-16-22-17-47-18-26(22)39-30(42)44/h13-14,17-18,20-21,23,27,38H,1-12,15-16,37H2,(H,39,44)/t27-/m1/s1. The van der Waals surface area contributed by atoms with Crippen LogP contribution in [0.15, 0.2) is 22.9 Å². The third-order valence-electron chi connectivity index (χ3n) is 10.1. The number of anilines is 2. The van der Waals surface area contributed by atoms with Crippen molar-refractivity contribution in [3.05, 3.63) is 44.6 Å². The highest BCUT2D eigenvalue weighted by Crippen LogP contribution is 2.38. The number of amides is 4. The lowest BCUT2D eigenvalue weighted by molar-refractivity contribution is -0.142. The Morgan fingerprint density at radius 2 is 1.66 bits per heavy atom. The molecule has 1 atom stereocenters. The number of nitrogen functional groups attached to an aromatic ring is 1. The van der Waals surface area contributed by atoms with Gasteiger partial charge in [-0.2, -0.15) is 13.2 Å². The SMILES string of the molecule is Nc1c(Cl)cc(C[C@@H](OC(=O)N2CCC(N3Cc4cscc4NC3=O)CC2)C(=O)N2CCC(C3CCNCC3)CC2)cc1C(F)(F)F. The lowest BCUT2D eigenvalue weighted by Gasteiger charge is -2.40. The van der Waals surface area contributed by atoms with Crippen molar-refractivity contribution in [3.63, 3.8) is 0 Å². The van der Waals surface area contributed by atoms with Gasteiger partial charge in [-0.3, -0.25) is 4.79 Å². The third kappa shape index (κ3) is 7.59. The average molecular weight is 697 g/mol. The number of carbonyl (C=O) groups is 3. The molecule has 0 spiro atoms. The normalized spacial score (nSPS) is 20.9. The van der Waals surface area contributed by atoms with Gasteiger partial charge in [0, 0.05) is 49.6 Å². The number of halogens is 4. The van der Waals surface area contributed by atoms with Crippen LogP contribution in [0.1, 0.15) is 55.2 Å². The van der Waals surface area contributed by atoms with Crippen LogP contribution < -0.4 is 16.4 Å². The number of ether oxygens (including phenoxy) is 1. The summed E-state index contributed by atoms with van der Waals surface area (Å²) >= 11 is 7.62. The van der Waals surface area contributed by atoms with E-state index in [4.69, 9.17) is 22.1 Å². The number of nitrogens with two attached hydrogens (primary N) is 1. The molecule has 0 saturated carbocycles. The van der Waals surface area contributed by atoms with E-state index in [0.29, 0.717) is 57.4 Å². The quantitative estimate of drug-likeness (QED) is 0.329. The summed E-state index contributed by atoms with van der Waals surface area (Å²) in [5, 5.41) is 9.93. The van der Waals surface area contributed by atoms with Gasteiger partial charge in [-0.25, -0.2) is 9.59 Å². The van der Waals surface area contributed by atoms with Crippen LogP contribution in [0.3, 0.4) is 0 Å². The maximum atomic E-state index is 13.9. The topological polar surface area (TPSA) is 120 Å². The van der Waals surface area contributed by atoms with Crippen molar-refractivity contribution in [2.24, 2.45) is 11.8 Å². The smallest absolute Gasteiger partial charge is 0.418 e. The maximum Gasteiger partial charge on any atom is 0.418 e. The highest BCUT2D eigenvalue weighted by Gasteiger charge is 2.38. The number of hydrogen-bond donors (Lipinski definition) is 3. The van der Waals surface area contributed by atoms with Gasteiger partial charge in [0.1, 0.15) is 0 Å². The number of fused-ring (bicyclic) bond motifs is 1. The summed E-state index contributed by atoms with van der Waals surface area (Å²) in [6.07, 6.45) is -2.19. The van der Waals surface area contributed by atoms with E-state index in [0.717, 1.165) is 56.1 Å². The molecule has 2 aromatic rings. The summed E-state index contributed by atoms with van der Waals surface area (Å²) < 4.78 is 47.1. The van der Waals surface area contributed by atoms with Crippen LogP contribution in [0.2, 0.25) is 5.02 Å². The number of alkyl halides is 3. The van der Waals surface area contributed by atoms with Gasteiger partial charge < -0.3 is 35.8 Å². The first-order valence-corrected chi connectivity index (χ1v) is 17.5. The van der Waals surface area contributed by atoms with E-state index in [-0.39, 0.29) is 29.1 Å². The molecule has 3 fully saturated rings. The van der Waals surface area contributed by atoms with Crippen molar-refractivity contribution in [1.29, 1.82) is 0 Å². The molecule has 4 N–H and O–H groups in total. The van der Waals surface area contributed by atoms with E-state index in [1.54, 1.807) is 9.80 Å². The Balaban J connectivity index is 1.13. The molecule has 5 heterocycles. The second kappa shape index (κ2) is 14.1. The highest BCUT2D eigenvalue weighted by molar-refractivity contribution is 7.08. The van der Waals surface area contributed by atoms with Crippen LogP contribution in [0.25, 0.3) is 0 Å². The number of carbonyl (C=O) groups excluding carboxylic acids is 3. The Morgan fingerprint density at radius 3 is 2.34 bits per heavy atom. The molecule has 47 heavy (non-hydrogen) atoms. The molecule has 0 unspecified atom stereocenters. The Kier molecular flexibility index (Phi) is 10.1. The van der Waals surface area contributed by atoms with Gasteiger partial charge in [-0.05, 0) is 86.5 Å². The lowest BCUT2D eigenvalue weighted by atomic mass is 9.79. The molecular weight excluding hydrogens is 657 g/mol. The fourth-order valence-corrected chi connectivity index (χ4v) is 8.40. The molecule has 256 valence electrons. The zero-order valence-electron chi connectivity index (χ0n) is 26.0. The molecule has 1 aromatic carbocycles. The number of likely N-dealkylation sites (tertiary alicyclic amines) is 2. The van der Waals surface area contributed by atoms with Crippen molar-refractivity contribution in [2.75, 3.05) is 50.3 Å². The van der Waals surface area contributed by atoms with Crippen molar-refractivity contribution < 1.29 is 32.3 Å². The van der Waals surface area contributed by atoms with Crippen LogP contribution in [0.4, 0.5) is 34.1 Å². The van der Waals surface area contributed by atoms with E-state index < -0.39 is 35.5 Å². The number of piperidine rings is 3. The minimum atomic E-state index is -4.75. The molecule has 4 amide bonds. The van der Waals surface area contributed by atoms with Crippen LogP contribution in [-0.2, 0) is 28.7 Å². The van der Waals surface area contributed by atoms with E-state index in [2.05, 4.69) is 10.6 Å². The number of nitrogens with one attached hydrogen (secondary N) is 2. The first-order chi connectivity index (χ1) is 22.5. The summed E-state index contributed by atoms with van der Waals surface area (Å²) in [7, 11) is 0. The molecular formula is C32H40ClF3N6O4S. The fraction of sp³-hybridized carbons (Fsp3) is 0.594. The van der Waals surface area contributed by atoms with Crippen molar-refractivity contribution in [3.8, 4) is 0 Å². The molecule has 0 bridgehead atoms. The molecule has 3 saturated heterocycles. The maximum absolute atomic E-state index is 13.9. The predicted molar refractivity (Wildman–Crippen MR) is 173 cm³/mol. The predicted octanol–water partition coefficient (Wildman–Crippen LogP) is 5.80. The van der Waals surface area contributed by atoms with Crippen molar-refractivity contribution >= 4 is 52.3 Å². The summed E-state index contributed by atoms with van der Waals surface area (Å²) in [5.74, 6) is 0.670. The second-order valence-corrected chi connectivity index (χ2v) is 14.1. The first kappa shape index (κ1) is 33.7. The monoisotopic (exact) mass is 696 g/mol.